The lowest BCUT2D eigenvalue weighted by Gasteiger charge is -2.09. The first kappa shape index (κ1) is 20.2. The van der Waals surface area contributed by atoms with Crippen LogP contribution in [0.5, 0.6) is 0 Å². The van der Waals surface area contributed by atoms with Crippen LogP contribution in [0, 0.1) is 0 Å². The van der Waals surface area contributed by atoms with Crippen LogP contribution in [0.4, 0.5) is 17.6 Å². The number of anilines is 3. The highest BCUT2D eigenvalue weighted by Gasteiger charge is 2.06. The van der Waals surface area contributed by atoms with E-state index in [-0.39, 0.29) is 5.28 Å². The Bertz CT molecular complexity index is 895. The number of hydrogen-bond donors (Lipinski definition) is 3. The molecule has 0 bridgehead atoms. The summed E-state index contributed by atoms with van der Waals surface area (Å²) >= 11 is 6.02. The Balaban J connectivity index is 1.52. The van der Waals surface area contributed by atoms with Gasteiger partial charge in [-0.25, -0.2) is 0 Å². The van der Waals surface area contributed by atoms with E-state index in [4.69, 9.17) is 26.8 Å². The monoisotopic (exact) mass is 402 g/mol. The second kappa shape index (κ2) is 10.7. The Kier molecular flexibility index (Phi) is 7.74. The van der Waals surface area contributed by atoms with Gasteiger partial charge in [-0.3, -0.25) is 0 Å². The number of fused-ring (bicyclic) bond motifs is 1. The molecule has 1 heterocycles. The largest absolute Gasteiger partial charge is 0.378 e. The van der Waals surface area contributed by atoms with Crippen LogP contribution >= 0.6 is 11.6 Å². The van der Waals surface area contributed by atoms with Gasteiger partial charge in [-0.1, -0.05) is 30.3 Å². The topological polar surface area (TPSA) is 107 Å². The number of benzene rings is 2. The van der Waals surface area contributed by atoms with E-state index in [0.29, 0.717) is 51.4 Å². The molecule has 9 heteroatoms. The molecule has 0 radical (unpaired) electrons. The summed E-state index contributed by atoms with van der Waals surface area (Å²) in [5.74, 6) is 0.750. The zero-order chi connectivity index (χ0) is 19.6. The SMILES string of the molecule is NCCOCCOCCNc1nc(Cl)nc(Nc2ccc3ccccc3c2)n1. The van der Waals surface area contributed by atoms with E-state index in [1.54, 1.807) is 0 Å². The average molecular weight is 403 g/mol. The number of nitrogens with two attached hydrogens (primary N) is 1. The summed E-state index contributed by atoms with van der Waals surface area (Å²) in [6.45, 7) is 3.10. The lowest BCUT2D eigenvalue weighted by atomic mass is 10.1. The zero-order valence-electron chi connectivity index (χ0n) is 15.4. The van der Waals surface area contributed by atoms with Crippen LogP contribution in [-0.4, -0.2) is 54.5 Å². The fourth-order valence-corrected chi connectivity index (χ4v) is 2.68. The number of ether oxygens (including phenoxy) is 2. The van der Waals surface area contributed by atoms with Crippen LogP contribution in [0.3, 0.4) is 0 Å². The Hall–Kier alpha value is -2.52. The van der Waals surface area contributed by atoms with Crippen molar-refractivity contribution in [2.75, 3.05) is 50.2 Å². The predicted molar refractivity (Wildman–Crippen MR) is 111 cm³/mol. The number of hydrogen-bond acceptors (Lipinski definition) is 8. The molecule has 0 atom stereocenters. The minimum absolute atomic E-state index is 0.108. The van der Waals surface area contributed by atoms with Crippen molar-refractivity contribution in [3.8, 4) is 0 Å². The van der Waals surface area contributed by atoms with Gasteiger partial charge in [-0.15, -0.1) is 0 Å². The van der Waals surface area contributed by atoms with E-state index < -0.39 is 0 Å². The molecule has 0 unspecified atom stereocenters. The first-order valence-electron chi connectivity index (χ1n) is 9.01. The minimum atomic E-state index is 0.108. The minimum Gasteiger partial charge on any atom is -0.378 e. The molecule has 8 nitrogen and oxygen atoms in total. The Morgan fingerprint density at radius 3 is 2.43 bits per heavy atom. The van der Waals surface area contributed by atoms with E-state index in [9.17, 15) is 0 Å². The van der Waals surface area contributed by atoms with Gasteiger partial charge >= 0.3 is 0 Å². The van der Waals surface area contributed by atoms with Crippen molar-refractivity contribution in [2.45, 2.75) is 0 Å². The molecule has 3 aromatic rings. The summed E-state index contributed by atoms with van der Waals surface area (Å²) in [4.78, 5) is 12.6. The molecule has 0 amide bonds. The van der Waals surface area contributed by atoms with E-state index in [2.05, 4.69) is 37.7 Å². The number of aromatic nitrogens is 3. The lowest BCUT2D eigenvalue weighted by molar-refractivity contribution is 0.0547. The Morgan fingerprint density at radius 2 is 1.61 bits per heavy atom. The molecule has 2 aromatic carbocycles. The second-order valence-corrected chi connectivity index (χ2v) is 6.22. The van der Waals surface area contributed by atoms with Crippen molar-refractivity contribution in [1.82, 2.24) is 15.0 Å². The summed E-state index contributed by atoms with van der Waals surface area (Å²) in [5.41, 5.74) is 6.21. The van der Waals surface area contributed by atoms with Crippen molar-refractivity contribution in [1.29, 1.82) is 0 Å². The summed E-state index contributed by atoms with van der Waals surface area (Å²) in [6, 6.07) is 14.2. The molecule has 1 aromatic heterocycles. The quantitative estimate of drug-likeness (QED) is 0.420. The van der Waals surface area contributed by atoms with Crippen LogP contribution in [0.25, 0.3) is 10.8 Å². The van der Waals surface area contributed by atoms with E-state index >= 15 is 0 Å². The molecule has 0 saturated heterocycles. The molecular formula is C19H23ClN6O2. The molecule has 0 spiro atoms. The van der Waals surface area contributed by atoms with Crippen LogP contribution < -0.4 is 16.4 Å². The number of rotatable bonds is 11. The zero-order valence-corrected chi connectivity index (χ0v) is 16.2. The van der Waals surface area contributed by atoms with Gasteiger partial charge in [0.05, 0.1) is 26.4 Å². The predicted octanol–water partition coefficient (Wildman–Crippen LogP) is 2.83. The van der Waals surface area contributed by atoms with Gasteiger partial charge in [0.1, 0.15) is 0 Å². The molecule has 0 aliphatic carbocycles. The van der Waals surface area contributed by atoms with Gasteiger partial charge in [0.2, 0.25) is 17.2 Å². The number of nitrogens with one attached hydrogen (secondary N) is 2. The van der Waals surface area contributed by atoms with Crippen molar-refractivity contribution < 1.29 is 9.47 Å². The third kappa shape index (κ3) is 6.28. The van der Waals surface area contributed by atoms with Gasteiger partial charge in [0.15, 0.2) is 0 Å². The molecule has 148 valence electrons. The fourth-order valence-electron chi connectivity index (χ4n) is 2.52. The Morgan fingerprint density at radius 1 is 0.857 bits per heavy atom. The number of halogens is 1. The van der Waals surface area contributed by atoms with Crippen molar-refractivity contribution in [3.05, 3.63) is 47.7 Å². The molecular weight excluding hydrogens is 380 g/mol. The molecule has 0 aliphatic heterocycles. The highest BCUT2D eigenvalue weighted by molar-refractivity contribution is 6.28. The third-order valence-electron chi connectivity index (χ3n) is 3.78. The highest BCUT2D eigenvalue weighted by Crippen LogP contribution is 2.21. The highest BCUT2D eigenvalue weighted by atomic mass is 35.5. The van der Waals surface area contributed by atoms with Gasteiger partial charge in [0.25, 0.3) is 0 Å². The molecule has 0 saturated carbocycles. The maximum absolute atomic E-state index is 6.02. The smallest absolute Gasteiger partial charge is 0.233 e. The van der Waals surface area contributed by atoms with Crippen LogP contribution in [0.1, 0.15) is 0 Å². The van der Waals surface area contributed by atoms with Crippen molar-refractivity contribution in [2.24, 2.45) is 5.73 Å². The first-order valence-corrected chi connectivity index (χ1v) is 9.39. The van der Waals surface area contributed by atoms with Crippen LogP contribution in [0.15, 0.2) is 42.5 Å². The normalized spacial score (nSPS) is 10.9. The standard InChI is InChI=1S/C19H23ClN6O2/c20-17-24-18(22-8-10-28-12-11-27-9-7-21)26-19(25-17)23-16-6-5-14-3-1-2-4-15(14)13-16/h1-6,13H,7-12,21H2,(H2,22,23,24,25,26). The fraction of sp³-hybridized carbons (Fsp3) is 0.316. The van der Waals surface area contributed by atoms with Crippen molar-refractivity contribution in [3.63, 3.8) is 0 Å². The van der Waals surface area contributed by atoms with Gasteiger partial charge in [-0.05, 0) is 34.5 Å². The maximum Gasteiger partial charge on any atom is 0.233 e. The molecule has 28 heavy (non-hydrogen) atoms. The van der Waals surface area contributed by atoms with Gasteiger partial charge < -0.3 is 25.8 Å². The van der Waals surface area contributed by atoms with Gasteiger partial charge in [0, 0.05) is 18.8 Å². The summed E-state index contributed by atoms with van der Waals surface area (Å²) in [7, 11) is 0. The van der Waals surface area contributed by atoms with Gasteiger partial charge in [-0.2, -0.15) is 15.0 Å². The molecule has 4 N–H and O–H groups in total. The second-order valence-electron chi connectivity index (χ2n) is 5.88. The van der Waals surface area contributed by atoms with E-state index in [0.717, 1.165) is 16.5 Å². The van der Waals surface area contributed by atoms with E-state index in [1.807, 2.05) is 30.3 Å². The molecule has 3 rings (SSSR count). The average Bonchev–Trinajstić information content (AvgIpc) is 2.69. The Labute approximate surface area is 168 Å². The van der Waals surface area contributed by atoms with Crippen molar-refractivity contribution >= 4 is 40.0 Å². The number of nitrogens with zero attached hydrogens (tertiary/aromatic N) is 3. The van der Waals surface area contributed by atoms with Crippen LogP contribution in [-0.2, 0) is 9.47 Å². The van der Waals surface area contributed by atoms with Crippen LogP contribution in [0.2, 0.25) is 5.28 Å². The summed E-state index contributed by atoms with van der Waals surface area (Å²) < 4.78 is 10.7. The lowest BCUT2D eigenvalue weighted by Crippen LogP contribution is -2.16. The first-order chi connectivity index (χ1) is 13.7. The third-order valence-corrected chi connectivity index (χ3v) is 3.95. The summed E-state index contributed by atoms with van der Waals surface area (Å²) in [6.07, 6.45) is 0. The van der Waals surface area contributed by atoms with E-state index in [1.165, 1.54) is 0 Å². The maximum atomic E-state index is 6.02. The molecule has 0 aliphatic rings. The molecule has 0 fully saturated rings. The summed E-state index contributed by atoms with van der Waals surface area (Å²) in [5, 5.41) is 8.63.